The zero-order valence-corrected chi connectivity index (χ0v) is 20.3. The molecule has 2 amide bonds. The molecule has 4 N–H and O–H groups in total. The molecule has 35 heavy (non-hydrogen) atoms. The van der Waals surface area contributed by atoms with Gasteiger partial charge in [0.05, 0.1) is 26.2 Å². The molecule has 5 unspecified atom stereocenters. The molecule has 2 saturated heterocycles. The first-order chi connectivity index (χ1) is 17.0. The van der Waals surface area contributed by atoms with E-state index >= 15 is 0 Å². The molecule has 9 heteroatoms. The smallest absolute Gasteiger partial charge is 0.226 e. The Morgan fingerprint density at radius 2 is 2.00 bits per heavy atom. The number of nitrogens with zero attached hydrogens (tertiary/aromatic N) is 1. The number of amides is 2. The van der Waals surface area contributed by atoms with Gasteiger partial charge in [-0.1, -0.05) is 29.8 Å². The van der Waals surface area contributed by atoms with Gasteiger partial charge in [-0.15, -0.1) is 0 Å². The minimum Gasteiger partial charge on any atom is -0.497 e. The van der Waals surface area contributed by atoms with Crippen molar-refractivity contribution in [3.8, 4) is 11.5 Å². The van der Waals surface area contributed by atoms with E-state index in [4.69, 9.17) is 9.47 Å². The van der Waals surface area contributed by atoms with E-state index in [1.54, 1.807) is 14.2 Å². The number of fused-ring (bicyclic) bond motifs is 3. The van der Waals surface area contributed by atoms with E-state index in [2.05, 4.69) is 51.7 Å². The molecule has 2 heterocycles. The molecule has 5 atom stereocenters. The molecule has 1 saturated carbocycles. The Hall–Kier alpha value is -3.14. The SMILES string of the molecule is COc1ccc(OC)c(CNC(=O)C2CCC3C(=O)NC4C(c5cccc(C)c5)NNN4C3C2)c1. The van der Waals surface area contributed by atoms with Crippen LogP contribution in [0.3, 0.4) is 0 Å². The van der Waals surface area contributed by atoms with Crippen LogP contribution in [0.1, 0.15) is 42.0 Å². The number of nitrogens with one attached hydrogen (secondary N) is 4. The summed E-state index contributed by atoms with van der Waals surface area (Å²) in [6.45, 7) is 2.41. The monoisotopic (exact) mass is 479 g/mol. The highest BCUT2D eigenvalue weighted by atomic mass is 16.5. The van der Waals surface area contributed by atoms with Gasteiger partial charge in [0.25, 0.3) is 0 Å². The summed E-state index contributed by atoms with van der Waals surface area (Å²) >= 11 is 0. The third-order valence-electron chi connectivity index (χ3n) is 7.48. The minimum atomic E-state index is -0.214. The first kappa shape index (κ1) is 23.6. The number of carbonyl (C=O) groups is 2. The Morgan fingerprint density at radius 3 is 2.77 bits per heavy atom. The van der Waals surface area contributed by atoms with Gasteiger partial charge in [-0.25, -0.2) is 10.4 Å². The summed E-state index contributed by atoms with van der Waals surface area (Å²) in [4.78, 5) is 26.2. The Balaban J connectivity index is 1.27. The fourth-order valence-electron chi connectivity index (χ4n) is 5.62. The van der Waals surface area contributed by atoms with Gasteiger partial charge < -0.3 is 20.1 Å². The third kappa shape index (κ3) is 4.59. The lowest BCUT2D eigenvalue weighted by Gasteiger charge is -2.46. The Labute approximate surface area is 205 Å². The van der Waals surface area contributed by atoms with Crippen LogP contribution in [0, 0.1) is 18.8 Å². The van der Waals surface area contributed by atoms with Crippen molar-refractivity contribution in [3.63, 3.8) is 0 Å². The summed E-state index contributed by atoms with van der Waals surface area (Å²) in [6.07, 6.45) is 1.76. The zero-order valence-electron chi connectivity index (χ0n) is 20.3. The zero-order chi connectivity index (χ0) is 24.5. The molecule has 2 aliphatic heterocycles. The Morgan fingerprint density at radius 1 is 1.14 bits per heavy atom. The molecular formula is C26H33N5O4. The first-order valence-corrected chi connectivity index (χ1v) is 12.1. The average Bonchev–Trinajstić information content (AvgIpc) is 3.30. The van der Waals surface area contributed by atoms with Gasteiger partial charge in [-0.2, -0.15) is 5.53 Å². The standard InChI is InChI=1S/C26H33N5O4/c1-15-5-4-6-16(11-15)23-24-28-26(33)20-9-7-17(13-21(20)31(24)30-29-23)25(32)27-14-18-12-19(34-2)8-10-22(18)35-3/h4-6,8,10-12,17,20-21,23-24,29-30H,7,9,13-14H2,1-3H3,(H,27,32)(H,28,33). The van der Waals surface area contributed by atoms with Gasteiger partial charge in [0.1, 0.15) is 17.7 Å². The molecule has 2 aromatic rings. The molecule has 2 aromatic carbocycles. The van der Waals surface area contributed by atoms with E-state index < -0.39 is 0 Å². The number of hydrogen-bond acceptors (Lipinski definition) is 7. The van der Waals surface area contributed by atoms with Crippen molar-refractivity contribution in [2.24, 2.45) is 11.8 Å². The average molecular weight is 480 g/mol. The van der Waals surface area contributed by atoms with Crippen molar-refractivity contribution in [2.75, 3.05) is 14.2 Å². The number of ether oxygens (including phenoxy) is 2. The lowest BCUT2D eigenvalue weighted by molar-refractivity contribution is -0.143. The number of benzene rings is 2. The summed E-state index contributed by atoms with van der Waals surface area (Å²) in [5, 5.41) is 8.37. The van der Waals surface area contributed by atoms with Crippen LogP contribution in [0.5, 0.6) is 11.5 Å². The topological polar surface area (TPSA) is 104 Å². The summed E-state index contributed by atoms with van der Waals surface area (Å²) < 4.78 is 10.7. The van der Waals surface area contributed by atoms with Crippen LogP contribution in [-0.2, 0) is 16.1 Å². The predicted octanol–water partition coefficient (Wildman–Crippen LogP) is 1.94. The first-order valence-electron chi connectivity index (χ1n) is 12.1. The van der Waals surface area contributed by atoms with Gasteiger partial charge in [-0.3, -0.25) is 9.59 Å². The van der Waals surface area contributed by atoms with Crippen LogP contribution in [-0.4, -0.2) is 43.3 Å². The quantitative estimate of drug-likeness (QED) is 0.502. The molecule has 5 rings (SSSR count). The van der Waals surface area contributed by atoms with E-state index in [1.807, 2.05) is 24.3 Å². The van der Waals surface area contributed by atoms with Crippen molar-refractivity contribution in [2.45, 2.75) is 51.0 Å². The molecule has 0 radical (unpaired) electrons. The van der Waals surface area contributed by atoms with Crippen LogP contribution >= 0.6 is 0 Å². The van der Waals surface area contributed by atoms with E-state index in [-0.39, 0.29) is 41.9 Å². The second-order valence-electron chi connectivity index (χ2n) is 9.59. The normalized spacial score (nSPS) is 28.0. The number of carbonyl (C=O) groups excluding carboxylic acids is 2. The van der Waals surface area contributed by atoms with Gasteiger partial charge >= 0.3 is 0 Å². The maximum atomic E-state index is 13.2. The fourth-order valence-corrected chi connectivity index (χ4v) is 5.62. The lowest BCUT2D eigenvalue weighted by Crippen LogP contribution is -2.65. The number of hydrazine groups is 2. The number of aryl methyl sites for hydroxylation is 1. The van der Waals surface area contributed by atoms with Crippen molar-refractivity contribution < 1.29 is 19.1 Å². The van der Waals surface area contributed by atoms with Gasteiger partial charge in [0.15, 0.2) is 0 Å². The highest BCUT2D eigenvalue weighted by Crippen LogP contribution is 2.39. The van der Waals surface area contributed by atoms with Crippen LogP contribution in [0.25, 0.3) is 0 Å². The van der Waals surface area contributed by atoms with Crippen molar-refractivity contribution in [1.29, 1.82) is 0 Å². The molecule has 186 valence electrons. The maximum absolute atomic E-state index is 13.2. The van der Waals surface area contributed by atoms with Crippen LogP contribution in [0.4, 0.5) is 0 Å². The molecule has 3 fully saturated rings. The number of methoxy groups -OCH3 is 2. The lowest BCUT2D eigenvalue weighted by atomic mass is 9.75. The van der Waals surface area contributed by atoms with Gasteiger partial charge in [-0.05, 0) is 49.9 Å². The Bertz CT molecular complexity index is 1110. The largest absolute Gasteiger partial charge is 0.497 e. The minimum absolute atomic E-state index is 0.00163. The van der Waals surface area contributed by atoms with E-state index in [0.717, 1.165) is 11.1 Å². The molecule has 0 aromatic heterocycles. The molecule has 1 aliphatic carbocycles. The highest BCUT2D eigenvalue weighted by molar-refractivity contribution is 5.83. The molecular weight excluding hydrogens is 446 g/mol. The molecule has 0 bridgehead atoms. The van der Waals surface area contributed by atoms with Crippen molar-refractivity contribution in [3.05, 3.63) is 59.2 Å². The second-order valence-corrected chi connectivity index (χ2v) is 9.59. The molecule has 3 aliphatic rings. The maximum Gasteiger partial charge on any atom is 0.226 e. The van der Waals surface area contributed by atoms with Gasteiger partial charge in [0.2, 0.25) is 11.8 Å². The van der Waals surface area contributed by atoms with E-state index in [9.17, 15) is 9.59 Å². The fraction of sp³-hybridized carbons (Fsp3) is 0.462. The van der Waals surface area contributed by atoms with Crippen LogP contribution < -0.4 is 31.1 Å². The molecule has 0 spiro atoms. The second kappa shape index (κ2) is 9.85. The summed E-state index contributed by atoms with van der Waals surface area (Å²) in [5.74, 6) is 1.18. The van der Waals surface area contributed by atoms with E-state index in [1.165, 1.54) is 5.56 Å². The summed E-state index contributed by atoms with van der Waals surface area (Å²) in [6, 6.07) is 13.7. The number of hydrogen-bond donors (Lipinski definition) is 4. The highest BCUT2D eigenvalue weighted by Gasteiger charge is 2.51. The van der Waals surface area contributed by atoms with Crippen LogP contribution in [0.15, 0.2) is 42.5 Å². The third-order valence-corrected chi connectivity index (χ3v) is 7.48. The van der Waals surface area contributed by atoms with Gasteiger partial charge in [0, 0.05) is 24.1 Å². The van der Waals surface area contributed by atoms with Crippen molar-refractivity contribution in [1.82, 2.24) is 26.6 Å². The van der Waals surface area contributed by atoms with Crippen LogP contribution in [0.2, 0.25) is 0 Å². The molecule has 9 nitrogen and oxygen atoms in total. The number of rotatable bonds is 6. The van der Waals surface area contributed by atoms with E-state index in [0.29, 0.717) is 37.3 Å². The Kier molecular flexibility index (Phi) is 6.64. The predicted molar refractivity (Wildman–Crippen MR) is 130 cm³/mol. The summed E-state index contributed by atoms with van der Waals surface area (Å²) in [7, 11) is 3.22. The summed E-state index contributed by atoms with van der Waals surface area (Å²) in [5.41, 5.74) is 9.78. The van der Waals surface area contributed by atoms with Crippen molar-refractivity contribution >= 4 is 11.8 Å².